The number of aldehydes is 1. The van der Waals surface area contributed by atoms with Gasteiger partial charge in [-0.25, -0.2) is 0 Å². The van der Waals surface area contributed by atoms with Crippen molar-refractivity contribution in [2.75, 3.05) is 7.05 Å². The summed E-state index contributed by atoms with van der Waals surface area (Å²) in [5, 5.41) is 7.87. The highest BCUT2D eigenvalue weighted by Gasteiger charge is 2.22. The summed E-state index contributed by atoms with van der Waals surface area (Å²) in [6.45, 7) is 8.82. The van der Waals surface area contributed by atoms with Crippen LogP contribution >= 0.6 is 0 Å². The Bertz CT molecular complexity index is 905. The van der Waals surface area contributed by atoms with E-state index >= 15 is 0 Å². The van der Waals surface area contributed by atoms with Crippen LogP contribution in [-0.4, -0.2) is 30.0 Å². The summed E-state index contributed by atoms with van der Waals surface area (Å²) >= 11 is 0. The van der Waals surface area contributed by atoms with Gasteiger partial charge in [-0.2, -0.15) is 0 Å². The van der Waals surface area contributed by atoms with Crippen molar-refractivity contribution in [1.82, 2.24) is 4.90 Å². The first-order chi connectivity index (χ1) is 13.9. The Kier molecular flexibility index (Phi) is 6.81. The maximum atomic E-state index is 11.9. The lowest BCUT2D eigenvalue weighted by Gasteiger charge is -2.26. The molecule has 1 saturated carbocycles. The van der Waals surface area contributed by atoms with Gasteiger partial charge in [0.1, 0.15) is 6.29 Å². The Balaban J connectivity index is 1.85. The van der Waals surface area contributed by atoms with Crippen molar-refractivity contribution < 1.29 is 4.79 Å². The van der Waals surface area contributed by atoms with Crippen LogP contribution in [0.3, 0.4) is 0 Å². The van der Waals surface area contributed by atoms with E-state index in [1.54, 1.807) is 6.08 Å². The maximum absolute atomic E-state index is 11.9. The zero-order chi connectivity index (χ0) is 21.0. The second kappa shape index (κ2) is 9.32. The minimum atomic E-state index is 0.433. The highest BCUT2D eigenvalue weighted by molar-refractivity contribution is 6.06. The highest BCUT2D eigenvalue weighted by atomic mass is 16.1. The van der Waals surface area contributed by atoms with Gasteiger partial charge in [0.05, 0.1) is 5.71 Å². The first-order valence-corrected chi connectivity index (χ1v) is 10.5. The summed E-state index contributed by atoms with van der Waals surface area (Å²) in [6.07, 6.45) is 8.52. The Labute approximate surface area is 175 Å². The molecule has 0 unspecified atom stereocenters. The molecule has 29 heavy (non-hydrogen) atoms. The third-order valence-corrected chi connectivity index (χ3v) is 6.52. The van der Waals surface area contributed by atoms with Gasteiger partial charge in [-0.1, -0.05) is 43.7 Å². The van der Waals surface area contributed by atoms with E-state index in [1.807, 2.05) is 12.1 Å². The summed E-state index contributed by atoms with van der Waals surface area (Å²) in [4.78, 5) is 14.3. The van der Waals surface area contributed by atoms with Crippen molar-refractivity contribution in [3.05, 3.63) is 81.9 Å². The van der Waals surface area contributed by atoms with Crippen molar-refractivity contribution in [1.29, 1.82) is 5.41 Å². The lowest BCUT2D eigenvalue weighted by Crippen LogP contribution is -2.29. The number of benzene rings is 2. The Hall–Kier alpha value is -2.52. The second-order valence-corrected chi connectivity index (χ2v) is 8.32. The molecule has 3 heteroatoms. The van der Waals surface area contributed by atoms with Crippen LogP contribution in [-0.2, 0) is 13.0 Å². The predicted molar refractivity (Wildman–Crippen MR) is 121 cm³/mol. The number of rotatable bonds is 8. The van der Waals surface area contributed by atoms with E-state index in [9.17, 15) is 4.79 Å². The van der Waals surface area contributed by atoms with E-state index in [4.69, 9.17) is 5.41 Å². The molecular formula is C26H32N2O. The molecule has 0 radical (unpaired) electrons. The van der Waals surface area contributed by atoms with E-state index < -0.39 is 0 Å². The fourth-order valence-electron chi connectivity index (χ4n) is 4.43. The molecule has 0 atom stereocenters. The summed E-state index contributed by atoms with van der Waals surface area (Å²) in [5.41, 5.74) is 8.18. The maximum Gasteiger partial charge on any atom is 0.150 e. The van der Waals surface area contributed by atoms with Crippen LogP contribution in [0.1, 0.15) is 69.4 Å². The van der Waals surface area contributed by atoms with Crippen molar-refractivity contribution in [2.45, 2.75) is 58.5 Å². The van der Waals surface area contributed by atoms with Crippen molar-refractivity contribution in [3.8, 4) is 0 Å². The van der Waals surface area contributed by atoms with Crippen LogP contribution in [0, 0.1) is 19.3 Å². The molecule has 0 amide bonds. The van der Waals surface area contributed by atoms with Crippen LogP contribution in [0.15, 0.2) is 43.0 Å². The van der Waals surface area contributed by atoms with Gasteiger partial charge in [0.25, 0.3) is 0 Å². The molecule has 3 nitrogen and oxygen atoms in total. The van der Waals surface area contributed by atoms with E-state index in [2.05, 4.69) is 50.6 Å². The average Bonchev–Trinajstić information content (AvgIpc) is 3.28. The zero-order valence-electron chi connectivity index (χ0n) is 17.9. The molecule has 0 spiro atoms. The number of hydrogen-bond donors (Lipinski definition) is 1. The largest absolute Gasteiger partial charge is 0.300 e. The number of hydrogen-bond acceptors (Lipinski definition) is 3. The SMILES string of the molecule is C=CC(=N)c1ccc(Cc2cc(C=O)c(CN(C)C3CCCC3)c(C)c2C)cc1. The number of nitrogens with one attached hydrogen (secondary N) is 1. The van der Waals surface area contributed by atoms with Crippen LogP contribution in [0.5, 0.6) is 0 Å². The molecule has 3 rings (SSSR count). The van der Waals surface area contributed by atoms with Crippen molar-refractivity contribution in [2.24, 2.45) is 0 Å². The molecule has 152 valence electrons. The van der Waals surface area contributed by atoms with Gasteiger partial charge in [-0.15, -0.1) is 0 Å². The molecule has 1 aliphatic carbocycles. The summed E-state index contributed by atoms with van der Waals surface area (Å²) in [5.74, 6) is 0. The summed E-state index contributed by atoms with van der Waals surface area (Å²) in [6, 6.07) is 10.8. The lowest BCUT2D eigenvalue weighted by atomic mass is 9.90. The van der Waals surface area contributed by atoms with E-state index in [0.717, 1.165) is 30.4 Å². The standard InChI is InChI=1S/C26H32N2O/c1-5-26(27)21-12-10-20(11-13-21)14-22-15-23(17-29)25(19(3)18(22)2)16-28(4)24-8-6-7-9-24/h5,10-13,15,17,24,27H,1,6-9,14,16H2,2-4H3. The second-order valence-electron chi connectivity index (χ2n) is 8.32. The van der Waals surface area contributed by atoms with Gasteiger partial charge in [0, 0.05) is 18.2 Å². The minimum absolute atomic E-state index is 0.433. The van der Waals surface area contributed by atoms with Crippen LogP contribution in [0.2, 0.25) is 0 Å². The average molecular weight is 389 g/mol. The molecule has 1 N–H and O–H groups in total. The molecule has 1 aliphatic rings. The van der Waals surface area contributed by atoms with Crippen LogP contribution < -0.4 is 0 Å². The molecule has 2 aromatic rings. The van der Waals surface area contributed by atoms with Crippen LogP contribution in [0.4, 0.5) is 0 Å². The molecule has 0 aromatic heterocycles. The van der Waals surface area contributed by atoms with Gasteiger partial charge >= 0.3 is 0 Å². The van der Waals surface area contributed by atoms with Crippen LogP contribution in [0.25, 0.3) is 0 Å². The quantitative estimate of drug-likeness (QED) is 0.470. The molecule has 0 saturated heterocycles. The number of carbonyl (C=O) groups excluding carboxylic acids is 1. The Morgan fingerprint density at radius 3 is 2.41 bits per heavy atom. The van der Waals surface area contributed by atoms with Gasteiger partial charge in [-0.05, 0) is 85.7 Å². The van der Waals surface area contributed by atoms with Gasteiger partial charge in [-0.3, -0.25) is 9.69 Å². The molecule has 0 bridgehead atoms. The van der Waals surface area contributed by atoms with Gasteiger partial charge in [0.15, 0.2) is 0 Å². The van der Waals surface area contributed by atoms with E-state index in [0.29, 0.717) is 11.8 Å². The fraction of sp³-hybridized carbons (Fsp3) is 0.385. The summed E-state index contributed by atoms with van der Waals surface area (Å²) < 4.78 is 0. The highest BCUT2D eigenvalue weighted by Crippen LogP contribution is 2.28. The fourth-order valence-corrected chi connectivity index (χ4v) is 4.43. The Morgan fingerprint density at radius 1 is 1.17 bits per heavy atom. The molecule has 2 aromatic carbocycles. The van der Waals surface area contributed by atoms with Crippen molar-refractivity contribution >= 4 is 12.0 Å². The molecule has 1 fully saturated rings. The zero-order valence-corrected chi connectivity index (χ0v) is 17.9. The number of allylic oxidation sites excluding steroid dienone is 1. The smallest absolute Gasteiger partial charge is 0.150 e. The minimum Gasteiger partial charge on any atom is -0.300 e. The normalized spacial score (nSPS) is 14.3. The molecular weight excluding hydrogens is 356 g/mol. The summed E-state index contributed by atoms with van der Waals surface area (Å²) in [7, 11) is 2.19. The monoisotopic (exact) mass is 388 g/mol. The first kappa shape index (κ1) is 21.2. The molecule has 0 aliphatic heterocycles. The predicted octanol–water partition coefficient (Wildman–Crippen LogP) is 5.64. The third-order valence-electron chi connectivity index (χ3n) is 6.52. The van der Waals surface area contributed by atoms with Crippen molar-refractivity contribution in [3.63, 3.8) is 0 Å². The topological polar surface area (TPSA) is 44.2 Å². The lowest BCUT2D eigenvalue weighted by molar-refractivity contribution is 0.112. The third kappa shape index (κ3) is 4.73. The first-order valence-electron chi connectivity index (χ1n) is 10.5. The van der Waals surface area contributed by atoms with E-state index in [-0.39, 0.29) is 0 Å². The van der Waals surface area contributed by atoms with Gasteiger partial charge in [0.2, 0.25) is 0 Å². The van der Waals surface area contributed by atoms with Gasteiger partial charge < -0.3 is 5.41 Å². The molecule has 0 heterocycles. The van der Waals surface area contributed by atoms with E-state index in [1.165, 1.54) is 53.5 Å². The Morgan fingerprint density at radius 2 is 1.83 bits per heavy atom. The number of nitrogens with zero attached hydrogens (tertiary/aromatic N) is 1. The number of carbonyl (C=O) groups is 1.